The first-order chi connectivity index (χ1) is 22.4. The second-order valence-corrected chi connectivity index (χ2v) is 13.6. The molecular weight excluding hydrogens is 767 g/mol. The van der Waals surface area contributed by atoms with E-state index in [-0.39, 0.29) is 25.5 Å². The van der Waals surface area contributed by atoms with Crippen molar-refractivity contribution in [2.45, 2.75) is 67.7 Å². The smallest absolute Gasteiger partial charge is 0.216 e. The van der Waals surface area contributed by atoms with E-state index in [4.69, 9.17) is 14.4 Å². The van der Waals surface area contributed by atoms with Crippen LogP contribution in [0.3, 0.4) is 0 Å². The molecule has 0 bridgehead atoms. The van der Waals surface area contributed by atoms with Crippen molar-refractivity contribution >= 4 is 22.1 Å². The minimum absolute atomic E-state index is 0. The van der Waals surface area contributed by atoms with Gasteiger partial charge in [0.2, 0.25) is 5.71 Å². The monoisotopic (exact) mass is 808 g/mol. The number of hydrogen-bond donors (Lipinski definition) is 0. The van der Waals surface area contributed by atoms with Crippen LogP contribution in [0.2, 0.25) is 0 Å². The quantitative estimate of drug-likeness (QED) is 0.167. The maximum absolute atomic E-state index is 6.33. The van der Waals surface area contributed by atoms with Crippen LogP contribution in [0, 0.1) is 53.7 Å². The number of pyridine rings is 3. The van der Waals surface area contributed by atoms with Gasteiger partial charge < -0.3 is 14.4 Å². The largest absolute Gasteiger partial charge is 0.486 e. The average Bonchev–Trinajstić information content (AvgIpc) is 3.40. The molecule has 7 aromatic rings. The summed E-state index contributed by atoms with van der Waals surface area (Å²) in [6.07, 6.45) is 3.90. The third kappa shape index (κ3) is 7.04. The van der Waals surface area contributed by atoms with Crippen LogP contribution in [0.15, 0.2) is 89.6 Å². The summed E-state index contributed by atoms with van der Waals surface area (Å²) in [6, 6.07) is 31.5. The first kappa shape index (κ1) is 34.9. The molecule has 1 radical (unpaired) electrons. The maximum Gasteiger partial charge on any atom is 0.216 e. The standard InChI is InChI=1S/C29H27N2O.C14H14N.Ir/c1-17-9-7-10-18(2)26(17)24-14-13-21-20-11-8-12-22(27(20)32-28(21)31-24)25-15-19(3)23(16-30-25)29(4,5)6;1-10-4-6-13(7-5-10)14-8-11(2)12(3)9-15-14;/h7-11,13-16H,1-6H3;4-6,8-9H,1-3H3;/q2*-1;. The van der Waals surface area contributed by atoms with E-state index in [9.17, 15) is 0 Å². The van der Waals surface area contributed by atoms with Crippen LogP contribution in [-0.4, -0.2) is 15.0 Å². The molecule has 0 saturated heterocycles. The van der Waals surface area contributed by atoms with Crippen molar-refractivity contribution in [3.8, 4) is 33.8 Å². The van der Waals surface area contributed by atoms with Gasteiger partial charge in [0.05, 0.1) is 11.3 Å². The number of hydrogen-bond acceptors (Lipinski definition) is 4. The molecule has 3 aromatic carbocycles. The Kier molecular flexibility index (Phi) is 10.1. The van der Waals surface area contributed by atoms with E-state index in [0.717, 1.165) is 50.1 Å². The minimum atomic E-state index is 0. The zero-order valence-corrected chi connectivity index (χ0v) is 31.6. The Labute approximate surface area is 298 Å². The zero-order chi connectivity index (χ0) is 33.5. The summed E-state index contributed by atoms with van der Waals surface area (Å²) in [6.45, 7) is 19.3. The van der Waals surface area contributed by atoms with Gasteiger partial charge in [0.25, 0.3) is 0 Å². The number of fused-ring (bicyclic) bond motifs is 3. The zero-order valence-electron chi connectivity index (χ0n) is 29.2. The van der Waals surface area contributed by atoms with Crippen molar-refractivity contribution < 1.29 is 24.5 Å². The molecule has 4 aromatic heterocycles. The van der Waals surface area contributed by atoms with Crippen LogP contribution in [0.1, 0.15) is 59.7 Å². The molecular formula is C43H41IrN3O-2. The summed E-state index contributed by atoms with van der Waals surface area (Å²) in [5.74, 6) is 0. The fraction of sp³-hybridized carbons (Fsp3) is 0.233. The molecule has 4 heterocycles. The van der Waals surface area contributed by atoms with Gasteiger partial charge in [0, 0.05) is 43.4 Å². The van der Waals surface area contributed by atoms with Crippen molar-refractivity contribution in [2.75, 3.05) is 0 Å². The second kappa shape index (κ2) is 14.0. The number of aromatic nitrogens is 3. The second-order valence-electron chi connectivity index (χ2n) is 13.6. The molecule has 0 aliphatic carbocycles. The molecule has 0 aliphatic rings. The van der Waals surface area contributed by atoms with Crippen LogP contribution in [0.5, 0.6) is 0 Å². The van der Waals surface area contributed by atoms with E-state index in [1.54, 1.807) is 0 Å². The number of aryl methyl sites for hydroxylation is 6. The van der Waals surface area contributed by atoms with Crippen molar-refractivity contribution in [1.29, 1.82) is 0 Å². The van der Waals surface area contributed by atoms with Crippen molar-refractivity contribution in [1.82, 2.24) is 15.0 Å². The van der Waals surface area contributed by atoms with Crippen LogP contribution >= 0.6 is 0 Å². The molecule has 0 atom stereocenters. The Morgan fingerprint density at radius 2 is 1.35 bits per heavy atom. The first-order valence-electron chi connectivity index (χ1n) is 16.1. The van der Waals surface area contributed by atoms with Gasteiger partial charge in [-0.25, -0.2) is 4.98 Å². The van der Waals surface area contributed by atoms with Crippen molar-refractivity contribution in [3.05, 3.63) is 136 Å². The Balaban J connectivity index is 0.000000237. The molecule has 0 unspecified atom stereocenters. The van der Waals surface area contributed by atoms with E-state index >= 15 is 0 Å². The predicted octanol–water partition coefficient (Wildman–Crippen LogP) is 11.2. The van der Waals surface area contributed by atoms with Gasteiger partial charge in [-0.1, -0.05) is 80.1 Å². The third-order valence-electron chi connectivity index (χ3n) is 8.83. The van der Waals surface area contributed by atoms with E-state index in [2.05, 4.69) is 134 Å². The Morgan fingerprint density at radius 3 is 2.00 bits per heavy atom. The normalized spacial score (nSPS) is 11.3. The summed E-state index contributed by atoms with van der Waals surface area (Å²) in [4.78, 5) is 14.1. The van der Waals surface area contributed by atoms with E-state index < -0.39 is 0 Å². The van der Waals surface area contributed by atoms with Crippen LogP contribution in [0.4, 0.5) is 0 Å². The number of nitrogens with zero attached hydrogens (tertiary/aromatic N) is 3. The van der Waals surface area contributed by atoms with Crippen molar-refractivity contribution in [3.63, 3.8) is 0 Å². The Hall–Kier alpha value is -4.44. The number of furan rings is 1. The molecule has 0 spiro atoms. The van der Waals surface area contributed by atoms with Gasteiger partial charge in [-0.15, -0.1) is 53.6 Å². The molecule has 4 nitrogen and oxygen atoms in total. The van der Waals surface area contributed by atoms with Gasteiger partial charge in [0.1, 0.15) is 0 Å². The van der Waals surface area contributed by atoms with E-state index in [1.165, 1.54) is 38.9 Å². The van der Waals surface area contributed by atoms with E-state index in [1.807, 2.05) is 30.6 Å². The number of benzene rings is 3. The van der Waals surface area contributed by atoms with E-state index in [0.29, 0.717) is 5.71 Å². The molecule has 48 heavy (non-hydrogen) atoms. The van der Waals surface area contributed by atoms with Gasteiger partial charge in [0.15, 0.2) is 0 Å². The molecule has 0 fully saturated rings. The summed E-state index contributed by atoms with van der Waals surface area (Å²) in [5, 5.41) is 2.04. The van der Waals surface area contributed by atoms with Gasteiger partial charge in [-0.3, -0.25) is 0 Å². The molecule has 245 valence electrons. The van der Waals surface area contributed by atoms with Crippen molar-refractivity contribution in [2.24, 2.45) is 0 Å². The SMILES string of the molecule is Cc1c[c-]c(-c2cc(C)c(C)cn2)cc1.Cc1cc(-c2[c-]ccc3c2oc2nc(-c4c(C)cccc4C)ccc23)ncc1C(C)(C)C.[Ir]. The first-order valence-corrected chi connectivity index (χ1v) is 16.1. The molecule has 0 N–H and O–H groups in total. The predicted molar refractivity (Wildman–Crippen MR) is 195 cm³/mol. The fourth-order valence-electron chi connectivity index (χ4n) is 6.08. The molecule has 0 aliphatic heterocycles. The average molecular weight is 808 g/mol. The fourth-order valence-corrected chi connectivity index (χ4v) is 6.08. The van der Waals surface area contributed by atoms with Gasteiger partial charge in [-0.2, -0.15) is 0 Å². The number of rotatable bonds is 3. The Morgan fingerprint density at radius 1 is 0.646 bits per heavy atom. The molecule has 5 heteroatoms. The van der Waals surface area contributed by atoms with Crippen LogP contribution < -0.4 is 0 Å². The minimum Gasteiger partial charge on any atom is -0.486 e. The Bertz CT molecular complexity index is 2220. The summed E-state index contributed by atoms with van der Waals surface area (Å²) < 4.78 is 6.33. The summed E-state index contributed by atoms with van der Waals surface area (Å²) in [5.41, 5.74) is 16.0. The molecule has 7 rings (SSSR count). The van der Waals surface area contributed by atoms with Crippen LogP contribution in [0.25, 0.3) is 55.8 Å². The summed E-state index contributed by atoms with van der Waals surface area (Å²) >= 11 is 0. The topological polar surface area (TPSA) is 51.8 Å². The molecule has 0 saturated carbocycles. The third-order valence-corrected chi connectivity index (χ3v) is 8.83. The molecule has 0 amide bonds. The van der Waals surface area contributed by atoms with Gasteiger partial charge >= 0.3 is 0 Å². The summed E-state index contributed by atoms with van der Waals surface area (Å²) in [7, 11) is 0. The maximum atomic E-state index is 6.33. The van der Waals surface area contributed by atoms with Gasteiger partial charge in [-0.05, 0) is 85.8 Å². The van der Waals surface area contributed by atoms with Crippen LogP contribution in [-0.2, 0) is 25.5 Å².